The van der Waals surface area contributed by atoms with E-state index < -0.39 is 5.97 Å². The SMILES string of the molecule is COCC1CCc2cccc(C(=O)O)c2C1. The zero-order chi connectivity index (χ0) is 11.5. The van der Waals surface area contributed by atoms with E-state index in [0.717, 1.165) is 24.8 Å². The van der Waals surface area contributed by atoms with Gasteiger partial charge in [0.1, 0.15) is 0 Å². The lowest BCUT2D eigenvalue weighted by Gasteiger charge is -2.25. The van der Waals surface area contributed by atoms with E-state index in [2.05, 4.69) is 0 Å². The summed E-state index contributed by atoms with van der Waals surface area (Å²) in [5, 5.41) is 9.13. The molecule has 1 aromatic rings. The topological polar surface area (TPSA) is 46.5 Å². The minimum atomic E-state index is -0.824. The van der Waals surface area contributed by atoms with E-state index in [4.69, 9.17) is 9.84 Å². The van der Waals surface area contributed by atoms with Crippen LogP contribution in [-0.2, 0) is 17.6 Å². The van der Waals surface area contributed by atoms with Gasteiger partial charge in [0.25, 0.3) is 0 Å². The molecular formula is C13H16O3. The second-order valence-corrected chi connectivity index (χ2v) is 4.31. The maximum Gasteiger partial charge on any atom is 0.335 e. The van der Waals surface area contributed by atoms with Crippen LogP contribution in [0.25, 0.3) is 0 Å². The van der Waals surface area contributed by atoms with E-state index in [-0.39, 0.29) is 0 Å². The highest BCUT2D eigenvalue weighted by Crippen LogP contribution is 2.28. The van der Waals surface area contributed by atoms with Crippen molar-refractivity contribution in [3.05, 3.63) is 34.9 Å². The predicted octanol–water partition coefficient (Wildman–Crippen LogP) is 2.14. The first kappa shape index (κ1) is 11.1. The van der Waals surface area contributed by atoms with Gasteiger partial charge in [0, 0.05) is 13.7 Å². The summed E-state index contributed by atoms with van der Waals surface area (Å²) in [6, 6.07) is 5.56. The monoisotopic (exact) mass is 220 g/mol. The van der Waals surface area contributed by atoms with Gasteiger partial charge in [-0.2, -0.15) is 0 Å². The second-order valence-electron chi connectivity index (χ2n) is 4.31. The maximum atomic E-state index is 11.1. The number of aryl methyl sites for hydroxylation is 1. The summed E-state index contributed by atoms with van der Waals surface area (Å²) in [7, 11) is 1.69. The zero-order valence-corrected chi connectivity index (χ0v) is 9.40. The van der Waals surface area contributed by atoms with Crippen molar-refractivity contribution < 1.29 is 14.6 Å². The molecule has 0 saturated carbocycles. The standard InChI is InChI=1S/C13H16O3/c1-16-8-9-5-6-10-3-2-4-11(13(14)15)12(10)7-9/h2-4,9H,5-8H2,1H3,(H,14,15). The first-order valence-corrected chi connectivity index (χ1v) is 5.55. The van der Waals surface area contributed by atoms with Crippen LogP contribution in [0.5, 0.6) is 0 Å². The summed E-state index contributed by atoms with van der Waals surface area (Å²) in [4.78, 5) is 11.1. The summed E-state index contributed by atoms with van der Waals surface area (Å²) in [5.74, 6) is -0.368. The van der Waals surface area contributed by atoms with E-state index in [1.54, 1.807) is 13.2 Å². The zero-order valence-electron chi connectivity index (χ0n) is 9.40. The van der Waals surface area contributed by atoms with Crippen LogP contribution in [0.2, 0.25) is 0 Å². The molecule has 1 aromatic carbocycles. The third-order valence-corrected chi connectivity index (χ3v) is 3.22. The van der Waals surface area contributed by atoms with E-state index in [1.165, 1.54) is 5.56 Å². The van der Waals surface area contributed by atoms with Gasteiger partial charge in [-0.15, -0.1) is 0 Å². The quantitative estimate of drug-likeness (QED) is 0.848. The minimum absolute atomic E-state index is 0.456. The number of hydrogen-bond acceptors (Lipinski definition) is 2. The molecule has 0 amide bonds. The van der Waals surface area contributed by atoms with Crippen LogP contribution in [-0.4, -0.2) is 24.8 Å². The van der Waals surface area contributed by atoms with Gasteiger partial charge >= 0.3 is 5.97 Å². The highest BCUT2D eigenvalue weighted by Gasteiger charge is 2.22. The average molecular weight is 220 g/mol. The largest absolute Gasteiger partial charge is 0.478 e. The molecule has 16 heavy (non-hydrogen) atoms. The first-order valence-electron chi connectivity index (χ1n) is 5.55. The molecular weight excluding hydrogens is 204 g/mol. The highest BCUT2D eigenvalue weighted by atomic mass is 16.5. The van der Waals surface area contributed by atoms with Crippen LogP contribution in [0, 0.1) is 5.92 Å². The van der Waals surface area contributed by atoms with E-state index in [1.807, 2.05) is 12.1 Å². The van der Waals surface area contributed by atoms with Gasteiger partial charge in [0.15, 0.2) is 0 Å². The maximum absolute atomic E-state index is 11.1. The Kier molecular flexibility index (Phi) is 3.25. The lowest BCUT2D eigenvalue weighted by molar-refractivity contribution is 0.0694. The number of carboxylic acids is 1. The Balaban J connectivity index is 2.30. The molecule has 2 rings (SSSR count). The van der Waals surface area contributed by atoms with Crippen LogP contribution in [0.15, 0.2) is 18.2 Å². The fourth-order valence-corrected chi connectivity index (χ4v) is 2.44. The fourth-order valence-electron chi connectivity index (χ4n) is 2.44. The molecule has 0 saturated heterocycles. The van der Waals surface area contributed by atoms with Crippen LogP contribution in [0.4, 0.5) is 0 Å². The molecule has 1 unspecified atom stereocenters. The van der Waals surface area contributed by atoms with Crippen molar-refractivity contribution >= 4 is 5.97 Å². The van der Waals surface area contributed by atoms with Crippen molar-refractivity contribution in [3.63, 3.8) is 0 Å². The van der Waals surface area contributed by atoms with Gasteiger partial charge in [-0.25, -0.2) is 4.79 Å². The summed E-state index contributed by atoms with van der Waals surface area (Å²) in [6.07, 6.45) is 2.88. The van der Waals surface area contributed by atoms with Gasteiger partial charge in [-0.05, 0) is 42.4 Å². The minimum Gasteiger partial charge on any atom is -0.478 e. The molecule has 1 N–H and O–H groups in total. The molecule has 0 aromatic heterocycles. The predicted molar refractivity (Wildman–Crippen MR) is 60.8 cm³/mol. The number of benzene rings is 1. The van der Waals surface area contributed by atoms with Crippen LogP contribution in [0.1, 0.15) is 27.9 Å². The number of carbonyl (C=O) groups is 1. The first-order chi connectivity index (χ1) is 7.72. The van der Waals surface area contributed by atoms with Gasteiger partial charge in [-0.3, -0.25) is 0 Å². The molecule has 1 atom stereocenters. The molecule has 3 nitrogen and oxygen atoms in total. The molecule has 0 heterocycles. The van der Waals surface area contributed by atoms with E-state index in [9.17, 15) is 4.79 Å². The third kappa shape index (κ3) is 2.09. The van der Waals surface area contributed by atoms with Crippen molar-refractivity contribution in [2.24, 2.45) is 5.92 Å². The van der Waals surface area contributed by atoms with Crippen LogP contribution >= 0.6 is 0 Å². The normalized spacial score (nSPS) is 19.2. The van der Waals surface area contributed by atoms with Crippen molar-refractivity contribution in [1.29, 1.82) is 0 Å². The summed E-state index contributed by atoms with van der Waals surface area (Å²) >= 11 is 0. The summed E-state index contributed by atoms with van der Waals surface area (Å²) < 4.78 is 5.15. The van der Waals surface area contributed by atoms with Gasteiger partial charge in [0.05, 0.1) is 5.56 Å². The van der Waals surface area contributed by atoms with Crippen LogP contribution < -0.4 is 0 Å². The molecule has 0 bridgehead atoms. The lowest BCUT2D eigenvalue weighted by atomic mass is 9.82. The Morgan fingerprint density at radius 3 is 3.06 bits per heavy atom. The number of aromatic carboxylic acids is 1. The molecule has 1 aliphatic rings. The summed E-state index contributed by atoms with van der Waals surface area (Å²) in [5.41, 5.74) is 2.65. The molecule has 1 aliphatic carbocycles. The van der Waals surface area contributed by atoms with Gasteiger partial charge < -0.3 is 9.84 Å². The number of ether oxygens (including phenoxy) is 1. The number of rotatable bonds is 3. The molecule has 0 spiro atoms. The Hall–Kier alpha value is -1.35. The smallest absolute Gasteiger partial charge is 0.335 e. The second kappa shape index (κ2) is 4.66. The fraction of sp³-hybridized carbons (Fsp3) is 0.462. The number of hydrogen-bond donors (Lipinski definition) is 1. The Labute approximate surface area is 95.0 Å². The Morgan fingerprint density at radius 2 is 2.38 bits per heavy atom. The number of fused-ring (bicyclic) bond motifs is 1. The van der Waals surface area contributed by atoms with Crippen molar-refractivity contribution in [3.8, 4) is 0 Å². The van der Waals surface area contributed by atoms with E-state index in [0.29, 0.717) is 18.1 Å². The van der Waals surface area contributed by atoms with Crippen molar-refractivity contribution in [2.75, 3.05) is 13.7 Å². The number of methoxy groups -OCH3 is 1. The average Bonchev–Trinajstić information content (AvgIpc) is 2.28. The molecule has 86 valence electrons. The molecule has 0 aliphatic heterocycles. The third-order valence-electron chi connectivity index (χ3n) is 3.22. The molecule has 3 heteroatoms. The van der Waals surface area contributed by atoms with Crippen molar-refractivity contribution in [2.45, 2.75) is 19.3 Å². The highest BCUT2D eigenvalue weighted by molar-refractivity contribution is 5.89. The Bertz CT molecular complexity index is 398. The van der Waals surface area contributed by atoms with Crippen LogP contribution in [0.3, 0.4) is 0 Å². The summed E-state index contributed by atoms with van der Waals surface area (Å²) in [6.45, 7) is 0.716. The molecule has 0 fully saturated rings. The van der Waals surface area contributed by atoms with Gasteiger partial charge in [-0.1, -0.05) is 12.1 Å². The number of carboxylic acid groups (broad SMARTS) is 1. The lowest BCUT2D eigenvalue weighted by Crippen LogP contribution is -2.21. The molecule has 0 radical (unpaired) electrons. The van der Waals surface area contributed by atoms with Crippen molar-refractivity contribution in [1.82, 2.24) is 0 Å². The Morgan fingerprint density at radius 1 is 1.56 bits per heavy atom. The van der Waals surface area contributed by atoms with E-state index >= 15 is 0 Å². The van der Waals surface area contributed by atoms with Gasteiger partial charge in [0.2, 0.25) is 0 Å².